The maximum atomic E-state index is 6.31. The number of ether oxygens (including phenoxy) is 1. The molecule has 21 heavy (non-hydrogen) atoms. The molecule has 0 aliphatic heterocycles. The van der Waals surface area contributed by atoms with Crippen molar-refractivity contribution in [1.29, 1.82) is 0 Å². The van der Waals surface area contributed by atoms with Crippen molar-refractivity contribution >= 4 is 23.2 Å². The number of hydrogen-bond acceptors (Lipinski definition) is 1. The zero-order valence-electron chi connectivity index (χ0n) is 13.4. The minimum atomic E-state index is -0.194. The van der Waals surface area contributed by atoms with Crippen molar-refractivity contribution < 1.29 is 4.74 Å². The Morgan fingerprint density at radius 1 is 0.667 bits per heavy atom. The van der Waals surface area contributed by atoms with E-state index >= 15 is 0 Å². The molecule has 2 aliphatic rings. The van der Waals surface area contributed by atoms with Crippen LogP contribution in [0.1, 0.15) is 89.9 Å². The second-order valence-corrected chi connectivity index (χ2v) is 8.09. The van der Waals surface area contributed by atoms with Crippen LogP contribution in [0, 0.1) is 11.8 Å². The number of halogens is 2. The molecule has 1 nitrogen and oxygen atoms in total. The minimum Gasteiger partial charge on any atom is -0.344 e. The molecular weight excluding hydrogens is 303 g/mol. The van der Waals surface area contributed by atoms with Gasteiger partial charge in [-0.2, -0.15) is 0 Å². The fourth-order valence-electron chi connectivity index (χ4n) is 3.98. The highest BCUT2D eigenvalue weighted by atomic mass is 35.5. The van der Waals surface area contributed by atoms with E-state index in [1.165, 1.54) is 77.0 Å². The maximum Gasteiger partial charge on any atom is 0.133 e. The van der Waals surface area contributed by atoms with E-state index < -0.39 is 0 Å². The summed E-state index contributed by atoms with van der Waals surface area (Å²) in [4.78, 5) is 0. The summed E-state index contributed by atoms with van der Waals surface area (Å²) in [5, 5.41) is 0. The molecule has 0 amide bonds. The average molecular weight is 335 g/mol. The summed E-state index contributed by atoms with van der Waals surface area (Å²) in [6.07, 6.45) is 18.3. The first-order chi connectivity index (χ1) is 10.2. The van der Waals surface area contributed by atoms with Gasteiger partial charge in [0.15, 0.2) is 0 Å². The normalized spacial score (nSPS) is 24.9. The van der Waals surface area contributed by atoms with Crippen molar-refractivity contribution in [3.63, 3.8) is 0 Å². The van der Waals surface area contributed by atoms with Gasteiger partial charge in [-0.25, -0.2) is 0 Å². The minimum absolute atomic E-state index is 0.194. The predicted molar refractivity (Wildman–Crippen MR) is 92.0 cm³/mol. The Hall–Kier alpha value is 0.540. The topological polar surface area (TPSA) is 9.23 Å². The van der Waals surface area contributed by atoms with Gasteiger partial charge in [-0.05, 0) is 37.5 Å². The van der Waals surface area contributed by atoms with Gasteiger partial charge in [-0.15, -0.1) is 0 Å². The molecule has 124 valence electrons. The van der Waals surface area contributed by atoms with E-state index in [1.807, 2.05) is 0 Å². The summed E-state index contributed by atoms with van der Waals surface area (Å²) in [5.74, 6) is 1.75. The third-order valence-corrected chi connectivity index (χ3v) is 5.99. The van der Waals surface area contributed by atoms with Crippen LogP contribution >= 0.6 is 23.2 Å². The lowest BCUT2D eigenvalue weighted by Crippen LogP contribution is -2.17. The average Bonchev–Trinajstić information content (AvgIpc) is 2.53. The number of hydrogen-bond donors (Lipinski definition) is 0. The molecule has 0 spiro atoms. The zero-order valence-corrected chi connectivity index (χ0v) is 14.9. The molecule has 2 aliphatic carbocycles. The van der Waals surface area contributed by atoms with Crippen molar-refractivity contribution in [2.24, 2.45) is 11.8 Å². The first kappa shape index (κ1) is 17.9. The molecule has 0 N–H and O–H groups in total. The van der Waals surface area contributed by atoms with E-state index in [2.05, 4.69) is 0 Å². The number of rotatable bonds is 8. The van der Waals surface area contributed by atoms with E-state index in [-0.39, 0.29) is 11.1 Å². The molecule has 2 rings (SSSR count). The third-order valence-electron chi connectivity index (χ3n) is 5.35. The Labute approximate surface area is 141 Å². The van der Waals surface area contributed by atoms with Crippen molar-refractivity contribution in [1.82, 2.24) is 0 Å². The molecule has 0 aromatic rings. The second kappa shape index (κ2) is 10.3. The SMILES string of the molecule is ClC(CCC1CCCCC1)OC(Cl)CCC1CCCCC1. The Balaban J connectivity index is 1.52. The van der Waals surface area contributed by atoms with E-state index in [9.17, 15) is 0 Å². The molecule has 0 heterocycles. The summed E-state index contributed by atoms with van der Waals surface area (Å²) in [7, 11) is 0. The second-order valence-electron chi connectivity index (χ2n) is 7.12. The van der Waals surface area contributed by atoms with Gasteiger partial charge in [0, 0.05) is 0 Å². The molecule has 0 radical (unpaired) electrons. The smallest absolute Gasteiger partial charge is 0.133 e. The van der Waals surface area contributed by atoms with Gasteiger partial charge in [0.2, 0.25) is 0 Å². The molecule has 2 fully saturated rings. The van der Waals surface area contributed by atoms with E-state index in [1.54, 1.807) is 0 Å². The van der Waals surface area contributed by atoms with E-state index in [0.29, 0.717) is 0 Å². The highest BCUT2D eigenvalue weighted by Crippen LogP contribution is 2.31. The van der Waals surface area contributed by atoms with Crippen molar-refractivity contribution in [3.05, 3.63) is 0 Å². The lowest BCUT2D eigenvalue weighted by Gasteiger charge is -2.24. The molecular formula is C18H32Cl2O. The largest absolute Gasteiger partial charge is 0.344 e. The Morgan fingerprint density at radius 3 is 1.43 bits per heavy atom. The van der Waals surface area contributed by atoms with Crippen molar-refractivity contribution in [3.8, 4) is 0 Å². The molecule has 0 aromatic carbocycles. The maximum absolute atomic E-state index is 6.31. The Kier molecular flexibility index (Phi) is 8.81. The quantitative estimate of drug-likeness (QED) is 0.441. The van der Waals surface area contributed by atoms with Crippen LogP contribution in [0.2, 0.25) is 0 Å². The van der Waals surface area contributed by atoms with E-state index in [4.69, 9.17) is 27.9 Å². The van der Waals surface area contributed by atoms with Crippen LogP contribution in [-0.2, 0) is 4.74 Å². The van der Waals surface area contributed by atoms with Gasteiger partial charge in [-0.1, -0.05) is 87.4 Å². The number of alkyl halides is 2. The summed E-state index contributed by atoms with van der Waals surface area (Å²) in [5.41, 5.74) is -0.387. The fraction of sp³-hybridized carbons (Fsp3) is 1.00. The van der Waals surface area contributed by atoms with Gasteiger partial charge >= 0.3 is 0 Å². The van der Waals surface area contributed by atoms with Crippen molar-refractivity contribution in [2.45, 2.75) is 101 Å². The summed E-state index contributed by atoms with van der Waals surface area (Å²) in [6, 6.07) is 0. The monoisotopic (exact) mass is 334 g/mol. The summed E-state index contributed by atoms with van der Waals surface area (Å²) >= 11 is 12.6. The Morgan fingerprint density at radius 2 is 1.05 bits per heavy atom. The molecule has 0 aromatic heterocycles. The predicted octanol–water partition coefficient (Wildman–Crippen LogP) is 6.85. The van der Waals surface area contributed by atoms with Gasteiger partial charge in [0.05, 0.1) is 0 Å². The van der Waals surface area contributed by atoms with Crippen LogP contribution in [0.15, 0.2) is 0 Å². The van der Waals surface area contributed by atoms with E-state index in [0.717, 1.165) is 24.7 Å². The lowest BCUT2D eigenvalue weighted by molar-refractivity contribution is 0.0620. The Bertz CT molecular complexity index is 234. The molecule has 0 bridgehead atoms. The van der Waals surface area contributed by atoms with Crippen LogP contribution in [0.4, 0.5) is 0 Å². The highest BCUT2D eigenvalue weighted by molar-refractivity contribution is 6.21. The highest BCUT2D eigenvalue weighted by Gasteiger charge is 2.19. The van der Waals surface area contributed by atoms with Crippen LogP contribution in [-0.4, -0.2) is 11.1 Å². The molecule has 2 atom stereocenters. The van der Waals surface area contributed by atoms with Crippen LogP contribution in [0.25, 0.3) is 0 Å². The van der Waals surface area contributed by atoms with Gasteiger partial charge in [0.1, 0.15) is 11.1 Å². The molecule has 2 unspecified atom stereocenters. The van der Waals surface area contributed by atoms with Crippen molar-refractivity contribution in [2.75, 3.05) is 0 Å². The van der Waals surface area contributed by atoms with Crippen LogP contribution in [0.3, 0.4) is 0 Å². The lowest BCUT2D eigenvalue weighted by atomic mass is 9.86. The molecule has 3 heteroatoms. The summed E-state index contributed by atoms with van der Waals surface area (Å²) < 4.78 is 5.76. The third kappa shape index (κ3) is 7.57. The van der Waals surface area contributed by atoms with Crippen LogP contribution < -0.4 is 0 Å². The van der Waals surface area contributed by atoms with Gasteiger partial charge in [0.25, 0.3) is 0 Å². The van der Waals surface area contributed by atoms with Gasteiger partial charge in [-0.3, -0.25) is 0 Å². The van der Waals surface area contributed by atoms with Crippen LogP contribution in [0.5, 0.6) is 0 Å². The molecule has 0 saturated heterocycles. The summed E-state index contributed by atoms with van der Waals surface area (Å²) in [6.45, 7) is 0. The zero-order chi connectivity index (χ0) is 14.9. The molecule has 2 saturated carbocycles. The first-order valence-electron chi connectivity index (χ1n) is 9.17. The first-order valence-corrected chi connectivity index (χ1v) is 10.0. The standard InChI is InChI=1S/C18H32Cl2O/c19-17(13-11-15-7-3-1-4-8-15)21-18(20)14-12-16-9-5-2-6-10-16/h15-18H,1-14H2. The fourth-order valence-corrected chi connectivity index (χ4v) is 4.53. The van der Waals surface area contributed by atoms with Gasteiger partial charge < -0.3 is 4.74 Å².